The highest BCUT2D eigenvalue weighted by Gasteiger charge is 2.23. The van der Waals surface area contributed by atoms with Crippen molar-refractivity contribution in [3.8, 4) is 28.4 Å². The van der Waals surface area contributed by atoms with Gasteiger partial charge in [0.2, 0.25) is 5.75 Å². The average Bonchev–Trinajstić information content (AvgIpc) is 3.33. The number of aliphatic hydroxyl groups is 1. The average molecular weight is 502 g/mol. The summed E-state index contributed by atoms with van der Waals surface area (Å²) in [5, 5.41) is 11.3. The van der Waals surface area contributed by atoms with Gasteiger partial charge in [-0.15, -0.1) is 0 Å². The summed E-state index contributed by atoms with van der Waals surface area (Å²) in [5.74, 6) is 1.69. The van der Waals surface area contributed by atoms with Gasteiger partial charge in [0.1, 0.15) is 0 Å². The van der Waals surface area contributed by atoms with E-state index in [1.807, 2.05) is 68.6 Å². The fourth-order valence-electron chi connectivity index (χ4n) is 4.95. The molecule has 3 aromatic carbocycles. The summed E-state index contributed by atoms with van der Waals surface area (Å²) < 4.78 is 16.5. The van der Waals surface area contributed by atoms with Crippen molar-refractivity contribution < 1.29 is 24.1 Å². The minimum Gasteiger partial charge on any atom is -0.493 e. The predicted octanol–water partition coefficient (Wildman–Crippen LogP) is 6.23. The first kappa shape index (κ1) is 26.3. The molecular weight excluding hydrogens is 466 g/mol. The smallest absolute Gasteiger partial charge is 0.203 e. The van der Waals surface area contributed by atoms with Crippen LogP contribution in [0, 0.1) is 18.8 Å². The van der Waals surface area contributed by atoms with E-state index in [9.17, 15) is 9.90 Å². The summed E-state index contributed by atoms with van der Waals surface area (Å²) in [5.41, 5.74) is 5.72. The molecule has 0 aliphatic heterocycles. The molecule has 4 aromatic rings. The molecule has 0 fully saturated rings. The van der Waals surface area contributed by atoms with Gasteiger partial charge in [-0.1, -0.05) is 37.3 Å². The van der Waals surface area contributed by atoms with Gasteiger partial charge in [0.25, 0.3) is 0 Å². The molecule has 0 spiro atoms. The second kappa shape index (κ2) is 11.5. The highest BCUT2D eigenvalue weighted by molar-refractivity contribution is 5.97. The van der Waals surface area contributed by atoms with Gasteiger partial charge >= 0.3 is 0 Å². The molecule has 0 bridgehead atoms. The molecule has 0 saturated carbocycles. The summed E-state index contributed by atoms with van der Waals surface area (Å²) in [6, 6.07) is 17.7. The maximum Gasteiger partial charge on any atom is 0.203 e. The van der Waals surface area contributed by atoms with Gasteiger partial charge in [-0.3, -0.25) is 4.79 Å². The van der Waals surface area contributed by atoms with Gasteiger partial charge in [0.05, 0.1) is 21.3 Å². The third-order valence-electron chi connectivity index (χ3n) is 7.24. The highest BCUT2D eigenvalue weighted by atomic mass is 16.5. The lowest BCUT2D eigenvalue weighted by atomic mass is 9.84. The standard InChI is InChI=1S/C31H35NO5/c1-19-10-11-21(14-26(19)22-15-29(35-3)31(37-5)30(16-22)36-4)28(34)12-20(2)24(18-33)13-23-17-32-27-9-7-6-8-25(23)27/h6-11,14-17,20,24,32-33H,12-13,18H2,1-5H3/t20-,24?/m0/s1. The Morgan fingerprint density at radius 1 is 0.973 bits per heavy atom. The number of carbonyl (C=O) groups excluding carboxylic acids is 1. The van der Waals surface area contributed by atoms with Gasteiger partial charge < -0.3 is 24.3 Å². The first-order valence-electron chi connectivity index (χ1n) is 12.5. The normalized spacial score (nSPS) is 12.8. The van der Waals surface area contributed by atoms with Crippen LogP contribution in [0.5, 0.6) is 17.2 Å². The molecule has 0 saturated heterocycles. The van der Waals surface area contributed by atoms with E-state index in [1.54, 1.807) is 21.3 Å². The monoisotopic (exact) mass is 501 g/mol. The summed E-state index contributed by atoms with van der Waals surface area (Å²) in [6.07, 6.45) is 3.07. The van der Waals surface area contributed by atoms with Crippen LogP contribution in [0.2, 0.25) is 0 Å². The number of Topliss-reactive ketones (excluding diaryl/α,β-unsaturated/α-hetero) is 1. The molecule has 0 aliphatic rings. The zero-order valence-electron chi connectivity index (χ0n) is 22.1. The van der Waals surface area contributed by atoms with Crippen LogP contribution in [0.1, 0.15) is 34.8 Å². The number of hydrogen-bond donors (Lipinski definition) is 2. The number of H-pyrrole nitrogens is 1. The van der Waals surface area contributed by atoms with Crippen LogP contribution in [0.15, 0.2) is 60.8 Å². The Hall–Kier alpha value is -3.77. The first-order chi connectivity index (χ1) is 17.9. The van der Waals surface area contributed by atoms with E-state index in [0.717, 1.165) is 33.2 Å². The van der Waals surface area contributed by atoms with Crippen LogP contribution in [-0.2, 0) is 6.42 Å². The van der Waals surface area contributed by atoms with E-state index < -0.39 is 0 Å². The van der Waals surface area contributed by atoms with Crippen molar-refractivity contribution in [2.45, 2.75) is 26.7 Å². The van der Waals surface area contributed by atoms with Crippen molar-refractivity contribution in [3.05, 3.63) is 77.5 Å². The van der Waals surface area contributed by atoms with Gasteiger partial charge in [-0.25, -0.2) is 0 Å². The minimum atomic E-state index is -0.0248. The van der Waals surface area contributed by atoms with Gasteiger partial charge in [0, 0.05) is 35.7 Å². The van der Waals surface area contributed by atoms with E-state index in [1.165, 1.54) is 0 Å². The van der Waals surface area contributed by atoms with Crippen molar-refractivity contribution in [3.63, 3.8) is 0 Å². The molecule has 6 heteroatoms. The van der Waals surface area contributed by atoms with Crippen molar-refractivity contribution in [1.29, 1.82) is 0 Å². The number of nitrogens with one attached hydrogen (secondary N) is 1. The number of aromatic nitrogens is 1. The van der Waals surface area contributed by atoms with E-state index in [4.69, 9.17) is 14.2 Å². The van der Waals surface area contributed by atoms with Gasteiger partial charge in [0.15, 0.2) is 17.3 Å². The second-order valence-electron chi connectivity index (χ2n) is 9.55. The molecule has 194 valence electrons. The number of aliphatic hydroxyl groups excluding tert-OH is 1. The Kier molecular flexibility index (Phi) is 8.19. The molecule has 6 nitrogen and oxygen atoms in total. The quantitative estimate of drug-likeness (QED) is 0.238. The first-order valence-corrected chi connectivity index (χ1v) is 12.5. The molecule has 37 heavy (non-hydrogen) atoms. The van der Waals surface area contributed by atoms with E-state index >= 15 is 0 Å². The van der Waals surface area contributed by atoms with Crippen LogP contribution >= 0.6 is 0 Å². The zero-order valence-corrected chi connectivity index (χ0v) is 22.1. The zero-order chi connectivity index (χ0) is 26.5. The Balaban J connectivity index is 1.56. The maximum absolute atomic E-state index is 13.4. The number of para-hydroxylation sites is 1. The Morgan fingerprint density at radius 3 is 2.32 bits per heavy atom. The molecule has 2 atom stereocenters. The third kappa shape index (κ3) is 5.49. The predicted molar refractivity (Wildman–Crippen MR) is 147 cm³/mol. The minimum absolute atomic E-state index is 0.0112. The van der Waals surface area contributed by atoms with E-state index in [2.05, 4.69) is 11.1 Å². The van der Waals surface area contributed by atoms with Gasteiger partial charge in [-0.2, -0.15) is 0 Å². The fraction of sp³-hybridized carbons (Fsp3) is 0.323. The molecule has 0 aliphatic carbocycles. The number of ether oxygens (including phenoxy) is 3. The van der Waals surface area contributed by atoms with Crippen LogP contribution in [-0.4, -0.2) is 43.8 Å². The Morgan fingerprint density at radius 2 is 1.68 bits per heavy atom. The molecule has 1 unspecified atom stereocenters. The number of benzene rings is 3. The molecule has 0 amide bonds. The summed E-state index contributed by atoms with van der Waals surface area (Å²) >= 11 is 0. The highest BCUT2D eigenvalue weighted by Crippen LogP contribution is 2.42. The number of fused-ring (bicyclic) bond motifs is 1. The number of ketones is 1. The van der Waals surface area contributed by atoms with E-state index in [-0.39, 0.29) is 24.2 Å². The van der Waals surface area contributed by atoms with Crippen molar-refractivity contribution >= 4 is 16.7 Å². The van der Waals surface area contributed by atoms with Crippen molar-refractivity contribution in [2.75, 3.05) is 27.9 Å². The maximum atomic E-state index is 13.4. The largest absolute Gasteiger partial charge is 0.493 e. The number of rotatable bonds is 11. The van der Waals surface area contributed by atoms with Crippen molar-refractivity contribution in [2.24, 2.45) is 11.8 Å². The molecule has 1 heterocycles. The van der Waals surface area contributed by atoms with Crippen LogP contribution in [0.3, 0.4) is 0 Å². The van der Waals surface area contributed by atoms with Crippen LogP contribution in [0.25, 0.3) is 22.0 Å². The number of aromatic amines is 1. The third-order valence-corrected chi connectivity index (χ3v) is 7.24. The summed E-state index contributed by atoms with van der Waals surface area (Å²) in [7, 11) is 4.75. The van der Waals surface area contributed by atoms with E-state index in [0.29, 0.717) is 35.7 Å². The molecular formula is C31H35NO5. The molecule has 2 N–H and O–H groups in total. The number of methoxy groups -OCH3 is 3. The van der Waals surface area contributed by atoms with Crippen molar-refractivity contribution in [1.82, 2.24) is 4.98 Å². The molecule has 1 aromatic heterocycles. The summed E-state index contributed by atoms with van der Waals surface area (Å²) in [4.78, 5) is 16.7. The molecule has 0 radical (unpaired) electrons. The second-order valence-corrected chi connectivity index (χ2v) is 9.55. The van der Waals surface area contributed by atoms with Crippen LogP contribution < -0.4 is 14.2 Å². The van der Waals surface area contributed by atoms with Gasteiger partial charge in [-0.05, 0) is 71.7 Å². The lowest BCUT2D eigenvalue weighted by molar-refractivity contribution is 0.0928. The number of hydrogen-bond acceptors (Lipinski definition) is 5. The summed E-state index contributed by atoms with van der Waals surface area (Å²) in [6.45, 7) is 4.08. The Bertz CT molecular complexity index is 1360. The molecule has 4 rings (SSSR count). The Labute approximate surface area is 218 Å². The number of aryl methyl sites for hydroxylation is 1. The SMILES string of the molecule is COc1cc(-c2cc(C(=O)C[C@H](C)C(CO)Cc3c[nH]c4ccccc34)ccc2C)cc(OC)c1OC. The lowest BCUT2D eigenvalue weighted by Crippen LogP contribution is -2.21. The lowest BCUT2D eigenvalue weighted by Gasteiger charge is -2.21. The van der Waals surface area contributed by atoms with Crippen LogP contribution in [0.4, 0.5) is 0 Å². The fourth-order valence-corrected chi connectivity index (χ4v) is 4.95. The number of carbonyl (C=O) groups is 1. The topological polar surface area (TPSA) is 80.8 Å².